The van der Waals surface area contributed by atoms with Gasteiger partial charge in [-0.15, -0.1) is 11.8 Å². The number of carboxylic acids is 1. The van der Waals surface area contributed by atoms with Gasteiger partial charge in [-0.2, -0.15) is 0 Å². The Balaban J connectivity index is 2.89. The van der Waals surface area contributed by atoms with Crippen LogP contribution in [0, 0.1) is 33.9 Å². The average molecular weight is 489 g/mol. The molecule has 1 fully saturated rings. The predicted octanol–water partition coefficient (Wildman–Crippen LogP) is 5.92. The number of carbonyl (C=O) groups is 2. The van der Waals surface area contributed by atoms with Gasteiger partial charge in [0.05, 0.1) is 11.1 Å². The summed E-state index contributed by atoms with van der Waals surface area (Å²) in [4.78, 5) is 31.2. The third kappa shape index (κ3) is 4.72. The molecule has 1 amide bonds. The summed E-state index contributed by atoms with van der Waals surface area (Å²) in [5, 5.41) is 20.8. The Kier molecular flexibility index (Phi) is 7.52. The minimum atomic E-state index is -1.46. The number of halogens is 2. The van der Waals surface area contributed by atoms with Gasteiger partial charge in [-0.3, -0.25) is 4.79 Å². The van der Waals surface area contributed by atoms with Crippen LogP contribution in [0.4, 0.5) is 9.18 Å². The van der Waals surface area contributed by atoms with E-state index in [1.165, 1.54) is 22.7 Å². The van der Waals surface area contributed by atoms with Crippen molar-refractivity contribution in [3.63, 3.8) is 0 Å². The molecule has 1 aliphatic heterocycles. The monoisotopic (exact) mass is 488 g/mol. The van der Waals surface area contributed by atoms with E-state index >= 15 is 4.39 Å². The molecule has 9 heteroatoms. The van der Waals surface area contributed by atoms with Crippen LogP contribution in [0.25, 0.3) is 0 Å². The second-order valence-electron chi connectivity index (χ2n) is 10.9. The van der Waals surface area contributed by atoms with E-state index in [1.54, 1.807) is 13.2 Å². The number of nitrogens with zero attached hydrogens (tertiary/aromatic N) is 2. The number of pyridine rings is 1. The molecule has 1 aromatic rings. The predicted molar refractivity (Wildman–Crippen MR) is 125 cm³/mol. The molecular weight excluding hydrogens is 455 g/mol. The number of hydrogen-bond acceptors (Lipinski definition) is 4. The Hall–Kier alpha value is -1.54. The maximum absolute atomic E-state index is 15.4. The number of likely N-dealkylation sites (tertiary alicyclic amines) is 1. The molecule has 0 aromatic carbocycles. The smallest absolute Gasteiger partial charge is 0.407 e. The van der Waals surface area contributed by atoms with Gasteiger partial charge in [-0.1, -0.05) is 53.1 Å². The van der Waals surface area contributed by atoms with Crippen molar-refractivity contribution < 1.29 is 24.2 Å². The van der Waals surface area contributed by atoms with Gasteiger partial charge < -0.3 is 15.1 Å². The van der Waals surface area contributed by atoms with Crippen LogP contribution >= 0.6 is 23.4 Å². The maximum Gasteiger partial charge on any atom is 0.407 e. The Morgan fingerprint density at radius 1 is 1.25 bits per heavy atom. The molecule has 0 radical (unpaired) electrons. The normalized spacial score (nSPS) is 26.8. The molecule has 2 N–H and O–H groups in total. The molecule has 0 bridgehead atoms. The van der Waals surface area contributed by atoms with Crippen molar-refractivity contribution in [1.82, 2.24) is 9.88 Å². The van der Waals surface area contributed by atoms with Crippen LogP contribution in [-0.2, 0) is 11.2 Å². The molecule has 2 rings (SSSR count). The lowest BCUT2D eigenvalue weighted by Gasteiger charge is -2.60. The van der Waals surface area contributed by atoms with E-state index in [9.17, 15) is 19.8 Å². The topological polar surface area (TPSA) is 90.7 Å². The second-order valence-corrected chi connectivity index (χ2v) is 12.1. The van der Waals surface area contributed by atoms with Gasteiger partial charge in [0.25, 0.3) is 0 Å². The Morgan fingerprint density at radius 2 is 1.81 bits per heavy atom. The molecule has 0 aliphatic carbocycles. The van der Waals surface area contributed by atoms with Gasteiger partial charge in [-0.05, 0) is 36.0 Å². The van der Waals surface area contributed by atoms with E-state index in [4.69, 9.17) is 11.6 Å². The van der Waals surface area contributed by atoms with Crippen LogP contribution in [0.1, 0.15) is 54.2 Å². The lowest BCUT2D eigenvalue weighted by Crippen LogP contribution is -2.68. The molecule has 0 saturated carbocycles. The molecule has 0 spiro atoms. The summed E-state index contributed by atoms with van der Waals surface area (Å²) in [6.07, 6.45) is 0.454. The Bertz CT molecular complexity index is 899. The highest BCUT2D eigenvalue weighted by Crippen LogP contribution is 2.58. The van der Waals surface area contributed by atoms with Crippen molar-refractivity contribution in [3.8, 4) is 0 Å². The molecule has 4 atom stereocenters. The van der Waals surface area contributed by atoms with Gasteiger partial charge in [0.1, 0.15) is 5.15 Å². The fourth-order valence-corrected chi connectivity index (χ4v) is 6.61. The summed E-state index contributed by atoms with van der Waals surface area (Å²) in [7, 11) is 0. The first kappa shape index (κ1) is 26.7. The van der Waals surface area contributed by atoms with E-state index in [0.29, 0.717) is 4.90 Å². The van der Waals surface area contributed by atoms with E-state index in [2.05, 4.69) is 4.98 Å². The van der Waals surface area contributed by atoms with E-state index in [-0.39, 0.29) is 23.8 Å². The van der Waals surface area contributed by atoms with E-state index in [1.807, 2.05) is 41.5 Å². The second kappa shape index (κ2) is 9.01. The lowest BCUT2D eigenvalue weighted by molar-refractivity contribution is -0.184. The number of piperidine rings is 1. The summed E-state index contributed by atoms with van der Waals surface area (Å²) in [6, 6.07) is 0.834. The van der Waals surface area contributed by atoms with E-state index < -0.39 is 52.0 Å². The lowest BCUT2D eigenvalue weighted by atomic mass is 9.48. The first-order chi connectivity index (χ1) is 14.5. The number of aromatic nitrogens is 1. The highest BCUT2D eigenvalue weighted by molar-refractivity contribution is 7.98. The van der Waals surface area contributed by atoms with Crippen LogP contribution in [-0.4, -0.2) is 51.0 Å². The van der Waals surface area contributed by atoms with Gasteiger partial charge in [0.2, 0.25) is 0 Å². The summed E-state index contributed by atoms with van der Waals surface area (Å²) >= 11 is 7.34. The molecule has 2 heterocycles. The summed E-state index contributed by atoms with van der Waals surface area (Å²) in [5.41, 5.74) is -2.63. The molecule has 2 unspecified atom stereocenters. The number of carboxylic acid groups (broad SMARTS) is 2. The molecule has 180 valence electrons. The quantitative estimate of drug-likeness (QED) is 0.404. The number of thioether (sulfide) groups is 1. The van der Waals surface area contributed by atoms with Crippen LogP contribution in [0.2, 0.25) is 5.15 Å². The highest BCUT2D eigenvalue weighted by atomic mass is 35.5. The van der Waals surface area contributed by atoms with Crippen molar-refractivity contribution in [2.24, 2.45) is 28.1 Å². The third-order valence-corrected chi connectivity index (χ3v) is 7.72. The first-order valence-corrected chi connectivity index (χ1v) is 12.2. The zero-order chi connectivity index (χ0) is 24.8. The summed E-state index contributed by atoms with van der Waals surface area (Å²) < 4.78 is 15.4. The fourth-order valence-electron chi connectivity index (χ4n) is 5.81. The molecule has 1 saturated heterocycles. The van der Waals surface area contributed by atoms with Crippen molar-refractivity contribution in [2.75, 3.05) is 12.8 Å². The minimum absolute atomic E-state index is 0.00345. The summed E-state index contributed by atoms with van der Waals surface area (Å²) in [6.45, 7) is 13.2. The Morgan fingerprint density at radius 3 is 2.22 bits per heavy atom. The van der Waals surface area contributed by atoms with E-state index in [0.717, 1.165) is 0 Å². The third-order valence-electron chi connectivity index (χ3n) is 6.79. The number of hydrogen-bond donors (Lipinski definition) is 2. The minimum Gasteiger partial charge on any atom is -0.481 e. The van der Waals surface area contributed by atoms with Gasteiger partial charge in [0.15, 0.2) is 5.82 Å². The molecule has 32 heavy (non-hydrogen) atoms. The Labute approximate surface area is 198 Å². The van der Waals surface area contributed by atoms with Crippen LogP contribution in [0.5, 0.6) is 0 Å². The maximum atomic E-state index is 15.4. The van der Waals surface area contributed by atoms with Crippen LogP contribution < -0.4 is 0 Å². The number of amides is 1. The van der Waals surface area contributed by atoms with Crippen molar-refractivity contribution in [3.05, 3.63) is 22.7 Å². The number of rotatable bonds is 4. The standard InChI is InChI=1S/C23H34ClFN2O4S/c1-12-18(22(5,6)7)23(19(28)29,15(21(2,3)4)11-27(12)20(30)31)10-13-17(25)14(32-8)9-16(24)26-13/h9,12,15,18H,10-11H2,1-8H3,(H,28,29)(H,30,31)/t12-,15?,18?,23-/m1/s1. The molecular formula is C23H34ClFN2O4S. The zero-order valence-corrected chi connectivity index (χ0v) is 21.6. The fraction of sp³-hybridized carbons (Fsp3) is 0.696. The van der Waals surface area contributed by atoms with Crippen LogP contribution in [0.3, 0.4) is 0 Å². The average Bonchev–Trinajstić information content (AvgIpc) is 2.61. The first-order valence-electron chi connectivity index (χ1n) is 10.6. The van der Waals surface area contributed by atoms with Gasteiger partial charge in [-0.25, -0.2) is 14.2 Å². The van der Waals surface area contributed by atoms with Crippen LogP contribution in [0.15, 0.2) is 11.0 Å². The molecule has 6 nitrogen and oxygen atoms in total. The molecule has 1 aliphatic rings. The SMILES string of the molecule is CSc1cc(Cl)nc(C[C@@]2(C(=O)O)C(C(C)(C)C)CN(C(=O)O)[C@H](C)C2C(C)(C)C)c1F. The zero-order valence-electron chi connectivity index (χ0n) is 20.0. The van der Waals surface area contributed by atoms with Crippen molar-refractivity contribution >= 4 is 35.4 Å². The number of aliphatic carboxylic acids is 1. The van der Waals surface area contributed by atoms with Gasteiger partial charge >= 0.3 is 12.1 Å². The summed E-state index contributed by atoms with van der Waals surface area (Å²) in [5.74, 6) is -2.85. The molecule has 1 aromatic heterocycles. The highest BCUT2D eigenvalue weighted by Gasteiger charge is 2.64. The largest absolute Gasteiger partial charge is 0.481 e. The van der Waals surface area contributed by atoms with Crippen molar-refractivity contribution in [1.29, 1.82) is 0 Å². The van der Waals surface area contributed by atoms with Crippen molar-refractivity contribution in [2.45, 2.75) is 65.8 Å². The van der Waals surface area contributed by atoms with Gasteiger partial charge in [0, 0.05) is 29.8 Å².